The molecule has 1 unspecified atom stereocenters. The van der Waals surface area contributed by atoms with Crippen LogP contribution in [0.25, 0.3) is 0 Å². The van der Waals surface area contributed by atoms with Crippen LogP contribution in [0.5, 0.6) is 28.7 Å². The van der Waals surface area contributed by atoms with Crippen molar-refractivity contribution < 1.29 is 33.2 Å². The van der Waals surface area contributed by atoms with E-state index >= 15 is 0 Å². The maximum atomic E-state index is 12.3. The average molecular weight is 414 g/mol. The summed E-state index contributed by atoms with van der Waals surface area (Å²) < 4.78 is 33.7. The van der Waals surface area contributed by atoms with Crippen molar-refractivity contribution in [2.75, 3.05) is 34.5 Å². The van der Waals surface area contributed by atoms with Crippen LogP contribution in [-0.4, -0.2) is 51.4 Å². The van der Waals surface area contributed by atoms with Crippen molar-refractivity contribution in [3.63, 3.8) is 0 Å². The Bertz CT molecular complexity index is 980. The maximum absolute atomic E-state index is 12.3. The third-order valence-corrected chi connectivity index (χ3v) is 4.74. The Balaban J connectivity index is 1.75. The van der Waals surface area contributed by atoms with Crippen LogP contribution in [0.4, 0.5) is 0 Å². The van der Waals surface area contributed by atoms with Crippen LogP contribution in [0.2, 0.25) is 0 Å². The molecule has 2 heterocycles. The van der Waals surface area contributed by atoms with Crippen LogP contribution in [0.15, 0.2) is 35.4 Å². The molecule has 30 heavy (non-hydrogen) atoms. The van der Waals surface area contributed by atoms with Crippen LogP contribution in [0.1, 0.15) is 24.3 Å². The third-order valence-electron chi connectivity index (χ3n) is 4.74. The minimum atomic E-state index is -0.813. The number of amides is 1. The molecule has 1 atom stereocenters. The number of rotatable bonds is 5. The van der Waals surface area contributed by atoms with E-state index < -0.39 is 6.23 Å². The summed E-state index contributed by atoms with van der Waals surface area (Å²) in [7, 11) is 4.57. The first-order valence-electron chi connectivity index (χ1n) is 9.31. The van der Waals surface area contributed by atoms with Crippen LogP contribution in [0, 0.1) is 0 Å². The Morgan fingerprint density at radius 1 is 1.07 bits per heavy atom. The fraction of sp³-hybridized carbons (Fsp3) is 0.333. The average Bonchev–Trinajstić information content (AvgIpc) is 3.23. The van der Waals surface area contributed by atoms with Crippen LogP contribution < -0.4 is 23.7 Å². The first-order chi connectivity index (χ1) is 14.6. The van der Waals surface area contributed by atoms with Crippen molar-refractivity contribution in [2.45, 2.75) is 13.2 Å². The summed E-state index contributed by atoms with van der Waals surface area (Å²) >= 11 is 0. The third kappa shape index (κ3) is 3.32. The lowest BCUT2D eigenvalue weighted by molar-refractivity contribution is -0.135. The molecular weight excluding hydrogens is 392 g/mol. The van der Waals surface area contributed by atoms with Gasteiger partial charge in [-0.3, -0.25) is 4.79 Å². The van der Waals surface area contributed by atoms with Crippen molar-refractivity contribution >= 4 is 11.8 Å². The van der Waals surface area contributed by atoms with Gasteiger partial charge in [-0.15, -0.1) is 5.10 Å². The molecule has 0 saturated carbocycles. The second-order valence-corrected chi connectivity index (χ2v) is 6.53. The number of carbonyl (C=O) groups excluding carboxylic acids is 1. The number of para-hydroxylation sites is 1. The molecule has 0 bridgehead atoms. The van der Waals surface area contributed by atoms with Gasteiger partial charge in [0.25, 0.3) is 0 Å². The van der Waals surface area contributed by atoms with Gasteiger partial charge < -0.3 is 28.4 Å². The number of hydrogen-bond acceptors (Lipinski definition) is 8. The molecule has 0 aromatic heterocycles. The van der Waals surface area contributed by atoms with Crippen LogP contribution in [0.3, 0.4) is 0 Å². The molecule has 0 spiro atoms. The summed E-state index contributed by atoms with van der Waals surface area (Å²) in [6, 6.07) is 8.88. The monoisotopic (exact) mass is 414 g/mol. The van der Waals surface area contributed by atoms with Crippen LogP contribution in [-0.2, 0) is 9.53 Å². The summed E-state index contributed by atoms with van der Waals surface area (Å²) in [5.41, 5.74) is 1.22. The number of nitrogens with zero attached hydrogens (tertiary/aromatic N) is 2. The van der Waals surface area contributed by atoms with Crippen molar-refractivity contribution in [2.24, 2.45) is 5.10 Å². The second-order valence-electron chi connectivity index (χ2n) is 6.53. The molecule has 1 amide bonds. The Labute approximate surface area is 173 Å². The summed E-state index contributed by atoms with van der Waals surface area (Å²) in [5.74, 6) is 2.45. The van der Waals surface area contributed by atoms with E-state index in [9.17, 15) is 4.79 Å². The van der Waals surface area contributed by atoms with E-state index in [0.29, 0.717) is 53.1 Å². The summed E-state index contributed by atoms with van der Waals surface area (Å²) in [5, 5.41) is 5.67. The van der Waals surface area contributed by atoms with E-state index in [1.54, 1.807) is 12.1 Å². The van der Waals surface area contributed by atoms with Crippen molar-refractivity contribution in [1.29, 1.82) is 0 Å². The summed E-state index contributed by atoms with van der Waals surface area (Å²) in [6.07, 6.45) is -0.813. The molecule has 0 aliphatic carbocycles. The number of ether oxygens (including phenoxy) is 6. The number of benzene rings is 2. The number of hydrazone groups is 1. The molecule has 4 rings (SSSR count). The number of methoxy groups -OCH3 is 3. The molecule has 0 radical (unpaired) electrons. The minimum absolute atomic E-state index is 0.256. The van der Waals surface area contributed by atoms with E-state index in [1.165, 1.54) is 33.3 Å². The Hall–Kier alpha value is -3.62. The highest BCUT2D eigenvalue weighted by molar-refractivity contribution is 5.99. The first kappa shape index (κ1) is 19.7. The Kier molecular flexibility index (Phi) is 5.26. The van der Waals surface area contributed by atoms with E-state index in [0.717, 1.165) is 0 Å². The Morgan fingerprint density at radius 3 is 2.40 bits per heavy atom. The van der Waals surface area contributed by atoms with Gasteiger partial charge in [-0.05, 0) is 24.3 Å². The largest absolute Gasteiger partial charge is 0.493 e. The molecule has 2 aromatic rings. The molecular formula is C21H22N2O7. The molecule has 2 aliphatic rings. The molecule has 9 heteroatoms. The smallest absolute Gasteiger partial charge is 0.245 e. The molecule has 158 valence electrons. The van der Waals surface area contributed by atoms with E-state index in [2.05, 4.69) is 5.10 Å². The SMILES string of the molecule is COc1cc(C2OC(c3cccc4c3OCCO4)=NN2C(C)=O)cc(OC)c1OC. The van der Waals surface area contributed by atoms with Gasteiger partial charge in [0.15, 0.2) is 23.0 Å². The van der Waals surface area contributed by atoms with Gasteiger partial charge in [0.2, 0.25) is 23.8 Å². The maximum Gasteiger partial charge on any atom is 0.245 e. The van der Waals surface area contributed by atoms with E-state index in [4.69, 9.17) is 28.4 Å². The van der Waals surface area contributed by atoms with Crippen molar-refractivity contribution in [3.8, 4) is 28.7 Å². The lowest BCUT2D eigenvalue weighted by Crippen LogP contribution is -2.25. The van der Waals surface area contributed by atoms with Gasteiger partial charge in [-0.2, -0.15) is 5.01 Å². The zero-order valence-electron chi connectivity index (χ0n) is 17.1. The molecule has 0 fully saturated rings. The predicted molar refractivity (Wildman–Crippen MR) is 106 cm³/mol. The highest BCUT2D eigenvalue weighted by atomic mass is 16.6. The summed E-state index contributed by atoms with van der Waals surface area (Å²) in [4.78, 5) is 12.3. The van der Waals surface area contributed by atoms with Crippen molar-refractivity contribution in [1.82, 2.24) is 5.01 Å². The fourth-order valence-electron chi connectivity index (χ4n) is 3.38. The van der Waals surface area contributed by atoms with E-state index in [1.807, 2.05) is 18.2 Å². The summed E-state index contributed by atoms with van der Waals surface area (Å²) in [6.45, 7) is 2.31. The highest BCUT2D eigenvalue weighted by Crippen LogP contribution is 2.43. The Morgan fingerprint density at radius 2 is 1.77 bits per heavy atom. The fourth-order valence-corrected chi connectivity index (χ4v) is 3.38. The van der Waals surface area contributed by atoms with Crippen LogP contribution >= 0.6 is 0 Å². The zero-order valence-corrected chi connectivity index (χ0v) is 17.1. The molecule has 9 nitrogen and oxygen atoms in total. The van der Waals surface area contributed by atoms with Crippen molar-refractivity contribution in [3.05, 3.63) is 41.5 Å². The number of fused-ring (bicyclic) bond motifs is 1. The van der Waals surface area contributed by atoms with Gasteiger partial charge in [0.05, 0.1) is 26.9 Å². The predicted octanol–water partition coefficient (Wildman–Crippen LogP) is 2.72. The van der Waals surface area contributed by atoms with Gasteiger partial charge in [0, 0.05) is 12.5 Å². The quantitative estimate of drug-likeness (QED) is 0.743. The molecule has 2 aromatic carbocycles. The second kappa shape index (κ2) is 8.02. The standard InChI is InChI=1S/C21H22N2O7/c1-12(24)23-21(13-10-16(25-2)19(27-4)17(11-13)26-3)30-20(22-23)14-6-5-7-15-18(14)29-9-8-28-15/h5-7,10-11,21H,8-9H2,1-4H3. The lowest BCUT2D eigenvalue weighted by atomic mass is 10.1. The van der Waals surface area contributed by atoms with Gasteiger partial charge in [-0.1, -0.05) is 6.07 Å². The van der Waals surface area contributed by atoms with Gasteiger partial charge in [-0.25, -0.2) is 0 Å². The van der Waals surface area contributed by atoms with E-state index in [-0.39, 0.29) is 11.8 Å². The molecule has 2 aliphatic heterocycles. The number of carbonyl (C=O) groups is 1. The number of hydrogen-bond donors (Lipinski definition) is 0. The topological polar surface area (TPSA) is 88.1 Å². The normalized spacial score (nSPS) is 17.1. The van der Waals surface area contributed by atoms with Gasteiger partial charge >= 0.3 is 0 Å². The molecule has 0 N–H and O–H groups in total. The minimum Gasteiger partial charge on any atom is -0.493 e. The highest BCUT2D eigenvalue weighted by Gasteiger charge is 2.36. The lowest BCUT2D eigenvalue weighted by Gasteiger charge is -2.22. The van der Waals surface area contributed by atoms with Gasteiger partial charge in [0.1, 0.15) is 13.2 Å². The first-order valence-corrected chi connectivity index (χ1v) is 9.31. The zero-order chi connectivity index (χ0) is 21.3. The molecule has 0 saturated heterocycles.